The lowest BCUT2D eigenvalue weighted by Gasteiger charge is -2.48. The summed E-state index contributed by atoms with van der Waals surface area (Å²) in [4.78, 5) is 17.5. The minimum absolute atomic E-state index is 0. The van der Waals surface area contributed by atoms with Crippen LogP contribution in [-0.4, -0.2) is 55.8 Å². The number of rotatable bonds is 7. The summed E-state index contributed by atoms with van der Waals surface area (Å²) in [6.07, 6.45) is 5.44. The van der Waals surface area contributed by atoms with E-state index in [-0.39, 0.29) is 12.8 Å². The molecule has 2 aliphatic heterocycles. The minimum atomic E-state index is -0.185. The Kier molecular flexibility index (Phi) is 6.20. The number of piperidine rings is 1. The van der Waals surface area contributed by atoms with E-state index in [1.54, 1.807) is 14.2 Å². The van der Waals surface area contributed by atoms with E-state index >= 15 is 0 Å². The highest BCUT2D eigenvalue weighted by Gasteiger charge is 2.47. The summed E-state index contributed by atoms with van der Waals surface area (Å²) in [6, 6.07) is 4.70. The number of ether oxygens (including phenoxy) is 3. The van der Waals surface area contributed by atoms with Crippen molar-refractivity contribution >= 4 is 16.9 Å². The van der Waals surface area contributed by atoms with E-state index in [4.69, 9.17) is 14.2 Å². The first-order valence-electron chi connectivity index (χ1n) is 11.5. The van der Waals surface area contributed by atoms with Crippen molar-refractivity contribution in [2.24, 2.45) is 5.92 Å². The number of nitrogens with zero attached hydrogens (tertiary/aromatic N) is 1. The highest BCUT2D eigenvalue weighted by molar-refractivity contribution is 5.88. The Morgan fingerprint density at radius 1 is 1.26 bits per heavy atom. The molecule has 6 nitrogen and oxygen atoms in total. The van der Waals surface area contributed by atoms with Crippen LogP contribution < -0.4 is 9.47 Å². The minimum Gasteiger partial charge on any atom is -0.493 e. The number of methoxy groups -OCH3 is 2. The topological polar surface area (TPSA) is 63.8 Å². The molecule has 4 atom stereocenters. The lowest BCUT2D eigenvalue weighted by molar-refractivity contribution is -0.141. The van der Waals surface area contributed by atoms with Crippen LogP contribution in [0.4, 0.5) is 0 Å². The van der Waals surface area contributed by atoms with Gasteiger partial charge in [0.2, 0.25) is 0 Å². The number of hydrogen-bond donors (Lipinski definition) is 1. The quantitative estimate of drug-likeness (QED) is 0.510. The van der Waals surface area contributed by atoms with Gasteiger partial charge in [0.05, 0.1) is 20.8 Å². The Morgan fingerprint density at radius 3 is 2.71 bits per heavy atom. The summed E-state index contributed by atoms with van der Waals surface area (Å²) in [5.74, 6) is 2.02. The van der Waals surface area contributed by atoms with Gasteiger partial charge in [-0.3, -0.25) is 9.69 Å². The van der Waals surface area contributed by atoms with Crippen LogP contribution in [0.2, 0.25) is 0 Å². The largest absolute Gasteiger partial charge is 0.493 e. The van der Waals surface area contributed by atoms with Crippen molar-refractivity contribution in [3.63, 3.8) is 0 Å². The van der Waals surface area contributed by atoms with Gasteiger partial charge in [0.15, 0.2) is 11.5 Å². The van der Waals surface area contributed by atoms with Crippen molar-refractivity contribution in [3.8, 4) is 11.5 Å². The highest BCUT2D eigenvalue weighted by Crippen LogP contribution is 2.47. The smallest absolute Gasteiger partial charge is 0.302 e. The highest BCUT2D eigenvalue weighted by atomic mass is 16.5. The second kappa shape index (κ2) is 8.73. The second-order valence-electron chi connectivity index (χ2n) is 9.48. The molecule has 172 valence electrons. The van der Waals surface area contributed by atoms with Crippen LogP contribution in [0.15, 0.2) is 12.1 Å². The number of carbonyl (C=O) groups is 1. The third-order valence-electron chi connectivity index (χ3n) is 7.62. The van der Waals surface area contributed by atoms with Gasteiger partial charge in [-0.1, -0.05) is 6.92 Å². The van der Waals surface area contributed by atoms with Crippen LogP contribution in [0, 0.1) is 5.92 Å². The summed E-state index contributed by atoms with van der Waals surface area (Å²) in [7, 11) is 3.38. The van der Waals surface area contributed by atoms with Gasteiger partial charge in [-0.05, 0) is 56.6 Å². The van der Waals surface area contributed by atoms with Gasteiger partial charge in [0.1, 0.15) is 0 Å². The number of hydrogen-bond acceptors (Lipinski definition) is 5. The predicted octanol–water partition coefficient (Wildman–Crippen LogP) is 4.69. The lowest BCUT2D eigenvalue weighted by atomic mass is 9.68. The van der Waals surface area contributed by atoms with Crippen molar-refractivity contribution in [2.75, 3.05) is 33.9 Å². The SMILES string of the molecule is COc1cc2[nH]c3c(c2cc1OC)CCN1C[C@@H](CCCCOC(C)=O)CC3(C)C1C.[HH]. The molecule has 1 aromatic heterocycles. The van der Waals surface area contributed by atoms with E-state index in [9.17, 15) is 4.79 Å². The number of esters is 1. The maximum atomic E-state index is 11.0. The normalized spacial score (nSPS) is 27.5. The summed E-state index contributed by atoms with van der Waals surface area (Å²) >= 11 is 0. The molecule has 4 rings (SSSR count). The molecule has 0 saturated carbocycles. The molecular formula is C25H38N2O4. The molecule has 1 N–H and O–H groups in total. The third-order valence-corrected chi connectivity index (χ3v) is 7.62. The third kappa shape index (κ3) is 4.02. The van der Waals surface area contributed by atoms with Gasteiger partial charge >= 0.3 is 5.97 Å². The van der Waals surface area contributed by atoms with Crippen molar-refractivity contribution in [1.82, 2.24) is 9.88 Å². The van der Waals surface area contributed by atoms with Crippen LogP contribution in [0.5, 0.6) is 11.5 Å². The number of H-pyrrole nitrogens is 1. The fraction of sp³-hybridized carbons (Fsp3) is 0.640. The Bertz CT molecular complexity index is 959. The van der Waals surface area contributed by atoms with Crippen LogP contribution in [-0.2, 0) is 21.4 Å². The van der Waals surface area contributed by atoms with Gasteiger partial charge in [0, 0.05) is 55.6 Å². The van der Waals surface area contributed by atoms with Crippen molar-refractivity contribution in [3.05, 3.63) is 23.4 Å². The first-order chi connectivity index (χ1) is 14.9. The van der Waals surface area contributed by atoms with Crippen molar-refractivity contribution < 1.29 is 20.4 Å². The zero-order valence-corrected chi connectivity index (χ0v) is 19.5. The van der Waals surface area contributed by atoms with Crippen LogP contribution >= 0.6 is 0 Å². The van der Waals surface area contributed by atoms with Gasteiger partial charge in [-0.25, -0.2) is 0 Å². The van der Waals surface area contributed by atoms with Gasteiger partial charge < -0.3 is 19.2 Å². The number of unbranched alkanes of at least 4 members (excludes halogenated alkanes) is 1. The molecule has 2 aromatic rings. The number of nitrogens with one attached hydrogen (secondary N) is 1. The molecule has 3 unspecified atom stereocenters. The average molecular weight is 431 g/mol. The number of carbonyl (C=O) groups excluding carboxylic acids is 1. The summed E-state index contributed by atoms with van der Waals surface area (Å²) in [5, 5.41) is 1.26. The zero-order chi connectivity index (χ0) is 22.2. The monoisotopic (exact) mass is 430 g/mol. The molecule has 0 spiro atoms. The van der Waals surface area contributed by atoms with E-state index < -0.39 is 0 Å². The maximum absolute atomic E-state index is 11.0. The maximum Gasteiger partial charge on any atom is 0.302 e. The standard InChI is InChI=1S/C25H36N2O4.H2/c1-16-25(3)14-18(8-6-7-11-31-17(2)28)15-27(16)10-9-19-20-12-22(29-4)23(30-5)13-21(20)26-24(19)25;/h12-13,16,18,26H,6-11,14-15H2,1-5H3;1H/t16?,18-,25?;/m0./s1. The number of aromatic nitrogens is 1. The first kappa shape index (κ1) is 22.0. The molecule has 1 fully saturated rings. The fourth-order valence-electron chi connectivity index (χ4n) is 5.85. The summed E-state index contributed by atoms with van der Waals surface area (Å²) in [5.41, 5.74) is 4.03. The Morgan fingerprint density at radius 2 is 2.00 bits per heavy atom. The Hall–Kier alpha value is -2.21. The number of aromatic amines is 1. The van der Waals surface area contributed by atoms with E-state index in [1.807, 2.05) is 0 Å². The summed E-state index contributed by atoms with van der Waals surface area (Å²) in [6.45, 7) is 9.07. The van der Waals surface area contributed by atoms with Gasteiger partial charge in [0.25, 0.3) is 0 Å². The molecule has 0 amide bonds. The number of benzene rings is 1. The summed E-state index contributed by atoms with van der Waals surface area (Å²) < 4.78 is 16.2. The zero-order valence-electron chi connectivity index (χ0n) is 19.5. The lowest BCUT2D eigenvalue weighted by Crippen LogP contribution is -2.54. The molecule has 0 aliphatic carbocycles. The Balaban J connectivity index is 0.00000289. The van der Waals surface area contributed by atoms with E-state index in [0.29, 0.717) is 18.6 Å². The molecule has 2 bridgehead atoms. The van der Waals surface area contributed by atoms with Gasteiger partial charge in [-0.2, -0.15) is 0 Å². The number of fused-ring (bicyclic) bond motifs is 6. The second-order valence-corrected chi connectivity index (χ2v) is 9.48. The average Bonchev–Trinajstić information content (AvgIpc) is 3.09. The van der Waals surface area contributed by atoms with Crippen LogP contribution in [0.25, 0.3) is 10.9 Å². The molecule has 6 heteroatoms. The van der Waals surface area contributed by atoms with E-state index in [2.05, 4.69) is 35.9 Å². The van der Waals surface area contributed by atoms with Crippen LogP contribution in [0.1, 0.15) is 59.1 Å². The fourth-order valence-corrected chi connectivity index (χ4v) is 5.85. The Labute approximate surface area is 186 Å². The first-order valence-corrected chi connectivity index (χ1v) is 11.5. The molecule has 1 aromatic carbocycles. The molecule has 3 heterocycles. The van der Waals surface area contributed by atoms with Crippen molar-refractivity contribution in [1.29, 1.82) is 0 Å². The van der Waals surface area contributed by atoms with Gasteiger partial charge in [-0.15, -0.1) is 0 Å². The molecule has 0 radical (unpaired) electrons. The van der Waals surface area contributed by atoms with Crippen molar-refractivity contribution in [2.45, 2.75) is 64.3 Å². The molecular weight excluding hydrogens is 392 g/mol. The van der Waals surface area contributed by atoms with E-state index in [0.717, 1.165) is 49.4 Å². The predicted molar refractivity (Wildman–Crippen MR) is 124 cm³/mol. The molecule has 1 saturated heterocycles. The molecule has 2 aliphatic rings. The van der Waals surface area contributed by atoms with E-state index in [1.165, 1.54) is 36.4 Å². The van der Waals surface area contributed by atoms with Crippen LogP contribution in [0.3, 0.4) is 0 Å². The molecule has 31 heavy (non-hydrogen) atoms.